The summed E-state index contributed by atoms with van der Waals surface area (Å²) in [4.78, 5) is 2.23. The fourth-order valence-corrected chi connectivity index (χ4v) is 2.79. The molecule has 1 heterocycles. The normalized spacial score (nSPS) is 29.8. The highest BCUT2D eigenvalue weighted by molar-refractivity contribution is 5.30. The molecule has 1 saturated heterocycles. The average molecular weight is 233 g/mol. The SMILES string of the molecule is CCCc1cccc(C2(O)CC(C)N(C)C2)c1. The molecule has 1 aromatic carbocycles. The van der Waals surface area contributed by atoms with Crippen LogP contribution >= 0.6 is 0 Å². The first-order chi connectivity index (χ1) is 8.05. The van der Waals surface area contributed by atoms with Crippen molar-refractivity contribution in [2.75, 3.05) is 13.6 Å². The number of β-amino-alcohol motifs (C(OH)–C–C–N with tert-alkyl or cyclic N) is 1. The summed E-state index contributed by atoms with van der Waals surface area (Å²) in [5, 5.41) is 10.8. The van der Waals surface area contributed by atoms with E-state index in [9.17, 15) is 5.11 Å². The maximum Gasteiger partial charge on any atom is 0.104 e. The molecule has 0 spiro atoms. The second-order valence-corrected chi connectivity index (χ2v) is 5.45. The van der Waals surface area contributed by atoms with Gasteiger partial charge in [-0.05, 0) is 37.9 Å². The van der Waals surface area contributed by atoms with E-state index in [4.69, 9.17) is 0 Å². The van der Waals surface area contributed by atoms with E-state index in [1.54, 1.807) is 0 Å². The molecule has 2 heteroatoms. The van der Waals surface area contributed by atoms with Gasteiger partial charge in [0.05, 0.1) is 0 Å². The smallest absolute Gasteiger partial charge is 0.104 e. The minimum atomic E-state index is -0.655. The lowest BCUT2D eigenvalue weighted by molar-refractivity contribution is 0.0485. The zero-order valence-electron chi connectivity index (χ0n) is 11.1. The molecule has 94 valence electrons. The topological polar surface area (TPSA) is 23.5 Å². The molecule has 0 amide bonds. The van der Waals surface area contributed by atoms with Gasteiger partial charge in [0.15, 0.2) is 0 Å². The van der Waals surface area contributed by atoms with Crippen LogP contribution in [0.3, 0.4) is 0 Å². The highest BCUT2D eigenvalue weighted by atomic mass is 16.3. The zero-order chi connectivity index (χ0) is 12.5. The Hall–Kier alpha value is -0.860. The van der Waals surface area contributed by atoms with Crippen LogP contribution in [0.2, 0.25) is 0 Å². The van der Waals surface area contributed by atoms with Crippen LogP contribution in [-0.2, 0) is 12.0 Å². The average Bonchev–Trinajstić information content (AvgIpc) is 2.55. The van der Waals surface area contributed by atoms with E-state index in [-0.39, 0.29) is 0 Å². The second kappa shape index (κ2) is 4.79. The molecule has 2 atom stereocenters. The van der Waals surface area contributed by atoms with Crippen molar-refractivity contribution >= 4 is 0 Å². The molecule has 1 aromatic rings. The number of likely N-dealkylation sites (tertiary alicyclic amines) is 1. The van der Waals surface area contributed by atoms with Crippen molar-refractivity contribution in [1.29, 1.82) is 0 Å². The third-order valence-corrected chi connectivity index (χ3v) is 3.90. The molecule has 1 fully saturated rings. The molecule has 17 heavy (non-hydrogen) atoms. The third-order valence-electron chi connectivity index (χ3n) is 3.90. The summed E-state index contributed by atoms with van der Waals surface area (Å²) in [6.07, 6.45) is 3.08. The Bertz CT molecular complexity index is 378. The standard InChI is InChI=1S/C15H23NO/c1-4-6-13-7-5-8-14(9-13)15(17)10-12(2)16(3)11-15/h5,7-9,12,17H,4,6,10-11H2,1-3H3. The lowest BCUT2D eigenvalue weighted by Gasteiger charge is -2.23. The predicted octanol–water partition coefficient (Wildman–Crippen LogP) is 2.55. The van der Waals surface area contributed by atoms with Crippen LogP contribution in [-0.4, -0.2) is 29.6 Å². The minimum absolute atomic E-state index is 0.454. The van der Waals surface area contributed by atoms with Crippen LogP contribution in [0.15, 0.2) is 24.3 Å². The van der Waals surface area contributed by atoms with Gasteiger partial charge in [-0.3, -0.25) is 0 Å². The van der Waals surface area contributed by atoms with Gasteiger partial charge in [-0.1, -0.05) is 37.6 Å². The molecule has 2 unspecified atom stereocenters. The summed E-state index contributed by atoms with van der Waals surface area (Å²) in [5.41, 5.74) is 1.76. The maximum atomic E-state index is 10.8. The number of benzene rings is 1. The molecule has 0 bridgehead atoms. The molecule has 1 N–H and O–H groups in total. The van der Waals surface area contributed by atoms with Gasteiger partial charge in [0.25, 0.3) is 0 Å². The Kier molecular flexibility index (Phi) is 3.55. The first-order valence-corrected chi connectivity index (χ1v) is 6.57. The summed E-state index contributed by atoms with van der Waals surface area (Å²) in [6.45, 7) is 5.10. The zero-order valence-corrected chi connectivity index (χ0v) is 11.1. The number of rotatable bonds is 3. The van der Waals surface area contributed by atoms with Crippen LogP contribution in [0.4, 0.5) is 0 Å². The fourth-order valence-electron chi connectivity index (χ4n) is 2.79. The Labute approximate surface area is 104 Å². The summed E-state index contributed by atoms with van der Waals surface area (Å²) in [6, 6.07) is 8.91. The van der Waals surface area contributed by atoms with Crippen molar-refractivity contribution in [1.82, 2.24) is 4.90 Å². The van der Waals surface area contributed by atoms with Gasteiger partial charge >= 0.3 is 0 Å². The Morgan fingerprint density at radius 3 is 2.82 bits per heavy atom. The quantitative estimate of drug-likeness (QED) is 0.867. The van der Waals surface area contributed by atoms with E-state index in [1.165, 1.54) is 5.56 Å². The van der Waals surface area contributed by atoms with Gasteiger partial charge in [0, 0.05) is 12.6 Å². The Balaban J connectivity index is 2.24. The van der Waals surface area contributed by atoms with Gasteiger partial charge in [-0.25, -0.2) is 0 Å². The van der Waals surface area contributed by atoms with E-state index < -0.39 is 5.60 Å². The van der Waals surface area contributed by atoms with Gasteiger partial charge in [-0.15, -0.1) is 0 Å². The summed E-state index contributed by atoms with van der Waals surface area (Å²) in [5.74, 6) is 0. The molecule has 2 nitrogen and oxygen atoms in total. The fraction of sp³-hybridized carbons (Fsp3) is 0.600. The predicted molar refractivity (Wildman–Crippen MR) is 71.0 cm³/mol. The third kappa shape index (κ3) is 2.53. The van der Waals surface area contributed by atoms with Crippen molar-refractivity contribution in [2.45, 2.75) is 44.8 Å². The first kappa shape index (κ1) is 12.6. The van der Waals surface area contributed by atoms with Crippen molar-refractivity contribution < 1.29 is 5.11 Å². The van der Waals surface area contributed by atoms with Gasteiger partial charge < -0.3 is 10.0 Å². The van der Waals surface area contributed by atoms with Crippen LogP contribution in [0.5, 0.6) is 0 Å². The highest BCUT2D eigenvalue weighted by Crippen LogP contribution is 2.35. The molecule has 0 saturated carbocycles. The Morgan fingerprint density at radius 1 is 1.47 bits per heavy atom. The first-order valence-electron chi connectivity index (χ1n) is 6.57. The molecule has 0 aliphatic carbocycles. The van der Waals surface area contributed by atoms with E-state index >= 15 is 0 Å². The number of nitrogens with zero attached hydrogens (tertiary/aromatic N) is 1. The van der Waals surface area contributed by atoms with Crippen LogP contribution in [0, 0.1) is 0 Å². The van der Waals surface area contributed by atoms with E-state index in [0.717, 1.165) is 31.4 Å². The summed E-state index contributed by atoms with van der Waals surface area (Å²) >= 11 is 0. The van der Waals surface area contributed by atoms with Gasteiger partial charge in [0.1, 0.15) is 5.60 Å². The minimum Gasteiger partial charge on any atom is -0.384 e. The number of hydrogen-bond donors (Lipinski definition) is 1. The number of aliphatic hydroxyl groups is 1. The van der Waals surface area contributed by atoms with Crippen molar-refractivity contribution in [3.8, 4) is 0 Å². The van der Waals surface area contributed by atoms with Gasteiger partial charge in [0.2, 0.25) is 0 Å². The van der Waals surface area contributed by atoms with Crippen LogP contribution < -0.4 is 0 Å². The van der Waals surface area contributed by atoms with E-state index in [1.807, 2.05) is 0 Å². The molecular weight excluding hydrogens is 210 g/mol. The number of likely N-dealkylation sites (N-methyl/N-ethyl adjacent to an activating group) is 1. The molecule has 0 radical (unpaired) electrons. The largest absolute Gasteiger partial charge is 0.384 e. The Morgan fingerprint density at radius 2 is 2.24 bits per heavy atom. The lowest BCUT2D eigenvalue weighted by Crippen LogP contribution is -2.29. The summed E-state index contributed by atoms with van der Waals surface area (Å²) in [7, 11) is 2.08. The number of hydrogen-bond acceptors (Lipinski definition) is 2. The van der Waals surface area contributed by atoms with E-state index in [0.29, 0.717) is 6.04 Å². The monoisotopic (exact) mass is 233 g/mol. The van der Waals surface area contributed by atoms with Crippen LogP contribution in [0.1, 0.15) is 37.8 Å². The molecule has 2 rings (SSSR count). The van der Waals surface area contributed by atoms with Crippen LogP contribution in [0.25, 0.3) is 0 Å². The highest BCUT2D eigenvalue weighted by Gasteiger charge is 2.40. The molecule has 1 aliphatic rings. The maximum absolute atomic E-state index is 10.8. The van der Waals surface area contributed by atoms with Crippen molar-refractivity contribution in [3.63, 3.8) is 0 Å². The van der Waals surface area contributed by atoms with Crippen molar-refractivity contribution in [3.05, 3.63) is 35.4 Å². The van der Waals surface area contributed by atoms with E-state index in [2.05, 4.69) is 50.1 Å². The van der Waals surface area contributed by atoms with Crippen molar-refractivity contribution in [2.24, 2.45) is 0 Å². The lowest BCUT2D eigenvalue weighted by atomic mass is 9.90. The molecule has 1 aliphatic heterocycles. The number of aryl methyl sites for hydroxylation is 1. The van der Waals surface area contributed by atoms with Gasteiger partial charge in [-0.2, -0.15) is 0 Å². The summed E-state index contributed by atoms with van der Waals surface area (Å²) < 4.78 is 0. The molecule has 0 aromatic heterocycles. The molecular formula is C15H23NO. The second-order valence-electron chi connectivity index (χ2n) is 5.45.